The molecule has 2 aliphatic carbocycles. The quantitative estimate of drug-likeness (QED) is 0.790. The molecule has 0 spiro atoms. The number of aliphatic hydroxyl groups is 1. The number of rotatable bonds is 4. The fourth-order valence-corrected chi connectivity index (χ4v) is 3.73. The van der Waals surface area contributed by atoms with Gasteiger partial charge in [0.05, 0.1) is 0 Å². The third-order valence-electron chi connectivity index (χ3n) is 5.45. The lowest BCUT2D eigenvalue weighted by Crippen LogP contribution is -2.46. The van der Waals surface area contributed by atoms with Crippen molar-refractivity contribution in [3.05, 3.63) is 0 Å². The summed E-state index contributed by atoms with van der Waals surface area (Å²) in [6, 6.07) is 0.683. The molecule has 0 aromatic rings. The molecule has 3 unspecified atom stereocenters. The van der Waals surface area contributed by atoms with E-state index in [9.17, 15) is 5.11 Å². The van der Waals surface area contributed by atoms with E-state index in [2.05, 4.69) is 19.2 Å². The van der Waals surface area contributed by atoms with E-state index in [-0.39, 0.29) is 5.41 Å². The molecule has 3 atom stereocenters. The molecule has 2 fully saturated rings. The minimum Gasteiger partial charge on any atom is -0.396 e. The molecule has 17 heavy (non-hydrogen) atoms. The second-order valence-corrected chi connectivity index (χ2v) is 6.62. The van der Waals surface area contributed by atoms with E-state index in [0.29, 0.717) is 12.6 Å². The minimum atomic E-state index is 0.209. The molecule has 0 aromatic carbocycles. The molecule has 0 aromatic heterocycles. The van der Waals surface area contributed by atoms with Crippen molar-refractivity contribution in [3.63, 3.8) is 0 Å². The number of hydrogen-bond donors (Lipinski definition) is 2. The molecule has 2 heteroatoms. The molecule has 2 rings (SSSR count). The zero-order chi connectivity index (χ0) is 12.3. The molecule has 2 nitrogen and oxygen atoms in total. The number of aliphatic hydroxyl groups excluding tert-OH is 1. The van der Waals surface area contributed by atoms with Crippen molar-refractivity contribution in [3.8, 4) is 0 Å². The molecule has 0 saturated heterocycles. The molecule has 2 saturated carbocycles. The third-order valence-corrected chi connectivity index (χ3v) is 5.45. The van der Waals surface area contributed by atoms with Crippen LogP contribution in [-0.4, -0.2) is 24.3 Å². The molecular formula is C15H29NO. The lowest BCUT2D eigenvalue weighted by Gasteiger charge is -2.37. The molecular weight excluding hydrogens is 210 g/mol. The highest BCUT2D eigenvalue weighted by atomic mass is 16.3. The van der Waals surface area contributed by atoms with Gasteiger partial charge < -0.3 is 10.4 Å². The summed E-state index contributed by atoms with van der Waals surface area (Å²) in [6.07, 6.45) is 9.13. The zero-order valence-electron chi connectivity index (χ0n) is 11.5. The largest absolute Gasteiger partial charge is 0.396 e. The van der Waals surface area contributed by atoms with Gasteiger partial charge >= 0.3 is 0 Å². The predicted octanol–water partition coefficient (Wildman–Crippen LogP) is 2.95. The van der Waals surface area contributed by atoms with Crippen molar-refractivity contribution in [2.45, 2.75) is 64.8 Å². The Hall–Kier alpha value is -0.0800. The Morgan fingerprint density at radius 2 is 1.82 bits per heavy atom. The summed E-state index contributed by atoms with van der Waals surface area (Å²) in [5.41, 5.74) is 0.209. The van der Waals surface area contributed by atoms with Gasteiger partial charge in [-0.25, -0.2) is 0 Å². The highest BCUT2D eigenvalue weighted by Crippen LogP contribution is 2.38. The Kier molecular flexibility index (Phi) is 4.48. The molecule has 0 amide bonds. The molecule has 100 valence electrons. The standard InChI is InChI=1S/C15H29NO/c1-12-6-5-7-14(13(12)2)16-10-15(11-17)8-3-4-9-15/h12-14,16-17H,3-11H2,1-2H3. The van der Waals surface area contributed by atoms with Gasteiger partial charge in [0.1, 0.15) is 0 Å². The van der Waals surface area contributed by atoms with E-state index in [1.165, 1.54) is 44.9 Å². The van der Waals surface area contributed by atoms with Gasteiger partial charge in [-0.05, 0) is 31.1 Å². The van der Waals surface area contributed by atoms with Gasteiger partial charge in [-0.1, -0.05) is 39.5 Å². The van der Waals surface area contributed by atoms with E-state index in [1.807, 2.05) is 0 Å². The minimum absolute atomic E-state index is 0.209. The summed E-state index contributed by atoms with van der Waals surface area (Å²) in [4.78, 5) is 0. The first-order valence-corrected chi connectivity index (χ1v) is 7.51. The predicted molar refractivity (Wildman–Crippen MR) is 72.0 cm³/mol. The smallest absolute Gasteiger partial charge is 0.0499 e. The normalized spacial score (nSPS) is 37.2. The average Bonchev–Trinajstić information content (AvgIpc) is 2.81. The lowest BCUT2D eigenvalue weighted by atomic mass is 9.77. The molecule has 0 bridgehead atoms. The Morgan fingerprint density at radius 3 is 2.47 bits per heavy atom. The number of nitrogens with one attached hydrogen (secondary N) is 1. The van der Waals surface area contributed by atoms with Crippen molar-refractivity contribution < 1.29 is 5.11 Å². The maximum absolute atomic E-state index is 9.62. The average molecular weight is 239 g/mol. The SMILES string of the molecule is CC1CCCC(NCC2(CO)CCCC2)C1C. The van der Waals surface area contributed by atoms with E-state index < -0.39 is 0 Å². The third kappa shape index (κ3) is 3.03. The van der Waals surface area contributed by atoms with Crippen LogP contribution in [0.5, 0.6) is 0 Å². The maximum atomic E-state index is 9.62. The first-order valence-electron chi connectivity index (χ1n) is 7.51. The topological polar surface area (TPSA) is 32.3 Å². The van der Waals surface area contributed by atoms with Crippen LogP contribution in [0.25, 0.3) is 0 Å². The van der Waals surface area contributed by atoms with Crippen LogP contribution in [0.3, 0.4) is 0 Å². The first-order chi connectivity index (χ1) is 8.17. The van der Waals surface area contributed by atoms with Crippen LogP contribution in [0.15, 0.2) is 0 Å². The fraction of sp³-hybridized carbons (Fsp3) is 1.00. The second kappa shape index (κ2) is 5.71. The molecule has 2 aliphatic rings. The number of hydrogen-bond acceptors (Lipinski definition) is 2. The van der Waals surface area contributed by atoms with Crippen molar-refractivity contribution in [2.75, 3.05) is 13.2 Å². The summed E-state index contributed by atoms with van der Waals surface area (Å²) in [5, 5.41) is 13.4. The van der Waals surface area contributed by atoms with Crippen LogP contribution < -0.4 is 5.32 Å². The zero-order valence-corrected chi connectivity index (χ0v) is 11.5. The van der Waals surface area contributed by atoms with Gasteiger partial charge in [-0.3, -0.25) is 0 Å². The molecule has 2 N–H and O–H groups in total. The molecule has 0 heterocycles. The summed E-state index contributed by atoms with van der Waals surface area (Å²) >= 11 is 0. The van der Waals surface area contributed by atoms with Crippen molar-refractivity contribution in [2.24, 2.45) is 17.3 Å². The highest BCUT2D eigenvalue weighted by molar-refractivity contribution is 4.89. The van der Waals surface area contributed by atoms with Gasteiger partial charge in [0, 0.05) is 24.6 Å². The van der Waals surface area contributed by atoms with Gasteiger partial charge in [-0.2, -0.15) is 0 Å². The van der Waals surface area contributed by atoms with Crippen molar-refractivity contribution in [1.29, 1.82) is 0 Å². The van der Waals surface area contributed by atoms with Crippen LogP contribution in [0.4, 0.5) is 0 Å². The van der Waals surface area contributed by atoms with Crippen molar-refractivity contribution in [1.82, 2.24) is 5.32 Å². The highest BCUT2D eigenvalue weighted by Gasteiger charge is 2.35. The van der Waals surface area contributed by atoms with Crippen LogP contribution in [0, 0.1) is 17.3 Å². The van der Waals surface area contributed by atoms with Gasteiger partial charge in [0.2, 0.25) is 0 Å². The fourth-order valence-electron chi connectivity index (χ4n) is 3.73. The van der Waals surface area contributed by atoms with Crippen LogP contribution in [0.1, 0.15) is 58.8 Å². The lowest BCUT2D eigenvalue weighted by molar-refractivity contribution is 0.111. The summed E-state index contributed by atoms with van der Waals surface area (Å²) in [7, 11) is 0. The Balaban J connectivity index is 1.84. The summed E-state index contributed by atoms with van der Waals surface area (Å²) in [5.74, 6) is 1.65. The van der Waals surface area contributed by atoms with Gasteiger partial charge in [-0.15, -0.1) is 0 Å². The van der Waals surface area contributed by atoms with E-state index in [1.54, 1.807) is 0 Å². The molecule has 0 aliphatic heterocycles. The monoisotopic (exact) mass is 239 g/mol. The van der Waals surface area contributed by atoms with Crippen LogP contribution in [0.2, 0.25) is 0 Å². The van der Waals surface area contributed by atoms with Gasteiger partial charge in [0.25, 0.3) is 0 Å². The van der Waals surface area contributed by atoms with Crippen LogP contribution in [-0.2, 0) is 0 Å². The molecule has 0 radical (unpaired) electrons. The van der Waals surface area contributed by atoms with Crippen molar-refractivity contribution >= 4 is 0 Å². The Labute approximate surface area is 106 Å². The summed E-state index contributed by atoms with van der Waals surface area (Å²) in [6.45, 7) is 6.18. The van der Waals surface area contributed by atoms with E-state index in [4.69, 9.17) is 0 Å². The Morgan fingerprint density at radius 1 is 1.12 bits per heavy atom. The maximum Gasteiger partial charge on any atom is 0.0499 e. The van der Waals surface area contributed by atoms with Crippen LogP contribution >= 0.6 is 0 Å². The summed E-state index contributed by atoms with van der Waals surface area (Å²) < 4.78 is 0. The first kappa shape index (κ1) is 13.4. The van der Waals surface area contributed by atoms with E-state index >= 15 is 0 Å². The Bertz CT molecular complexity index is 235. The second-order valence-electron chi connectivity index (χ2n) is 6.62. The van der Waals surface area contributed by atoms with E-state index in [0.717, 1.165) is 18.4 Å². The van der Waals surface area contributed by atoms with Gasteiger partial charge in [0.15, 0.2) is 0 Å².